The van der Waals surface area contributed by atoms with Gasteiger partial charge in [0.2, 0.25) is 0 Å². The van der Waals surface area contributed by atoms with Gasteiger partial charge in [-0.25, -0.2) is 4.79 Å². The van der Waals surface area contributed by atoms with Crippen LogP contribution in [0.4, 0.5) is 13.2 Å². The molecule has 0 aliphatic carbocycles. The van der Waals surface area contributed by atoms with E-state index in [1.165, 1.54) is 29.8 Å². The molecule has 4 nitrogen and oxygen atoms in total. The molecule has 0 radical (unpaired) electrons. The maximum absolute atomic E-state index is 13.1. The molecule has 0 saturated carbocycles. The standard InChI is InChI=1S/C13H11F3N2O2S/c1-18-10(9(11(19)20-2)17-12(18)21)7-5-3-4-6-8(7)13(14,15)16/h3-6H,1-2H3,(H,17,21). The van der Waals surface area contributed by atoms with Crippen molar-refractivity contribution in [1.82, 2.24) is 9.55 Å². The molecule has 1 heterocycles. The van der Waals surface area contributed by atoms with Crippen molar-refractivity contribution >= 4 is 18.2 Å². The number of carbonyl (C=O) groups excluding carboxylic acids is 1. The first kappa shape index (κ1) is 15.3. The van der Waals surface area contributed by atoms with Gasteiger partial charge in [-0.1, -0.05) is 18.2 Å². The number of H-pyrrole nitrogens is 1. The Balaban J connectivity index is 2.80. The minimum atomic E-state index is -4.55. The number of carbonyl (C=O) groups is 1. The Morgan fingerprint density at radius 3 is 2.52 bits per heavy atom. The molecule has 0 aliphatic rings. The van der Waals surface area contributed by atoms with Crippen molar-refractivity contribution in [3.63, 3.8) is 0 Å². The van der Waals surface area contributed by atoms with Crippen LogP contribution in [-0.2, 0) is 18.0 Å². The maximum Gasteiger partial charge on any atom is 0.417 e. The van der Waals surface area contributed by atoms with Gasteiger partial charge in [-0.05, 0) is 18.3 Å². The van der Waals surface area contributed by atoms with E-state index in [0.29, 0.717) is 0 Å². The summed E-state index contributed by atoms with van der Waals surface area (Å²) in [6.45, 7) is 0. The maximum atomic E-state index is 13.1. The number of imidazole rings is 1. The number of hydrogen-bond donors (Lipinski definition) is 1. The van der Waals surface area contributed by atoms with Crippen LogP contribution in [0, 0.1) is 4.77 Å². The molecular formula is C13H11F3N2O2S. The lowest BCUT2D eigenvalue weighted by Crippen LogP contribution is -2.11. The molecule has 0 spiro atoms. The molecule has 0 fully saturated rings. The molecule has 0 aliphatic heterocycles. The molecule has 112 valence electrons. The van der Waals surface area contributed by atoms with Gasteiger partial charge in [0.25, 0.3) is 0 Å². The number of nitrogens with one attached hydrogen (secondary N) is 1. The van der Waals surface area contributed by atoms with Crippen LogP contribution >= 0.6 is 12.2 Å². The molecule has 0 bridgehead atoms. The summed E-state index contributed by atoms with van der Waals surface area (Å²) in [7, 11) is 2.62. The van der Waals surface area contributed by atoms with E-state index in [1.807, 2.05) is 0 Å². The van der Waals surface area contributed by atoms with Crippen LogP contribution in [-0.4, -0.2) is 22.6 Å². The van der Waals surface area contributed by atoms with E-state index >= 15 is 0 Å². The van der Waals surface area contributed by atoms with Crippen LogP contribution < -0.4 is 0 Å². The Kier molecular flexibility index (Phi) is 3.91. The molecule has 2 aromatic rings. The number of halogens is 3. The quantitative estimate of drug-likeness (QED) is 0.681. The summed E-state index contributed by atoms with van der Waals surface area (Å²) in [4.78, 5) is 14.3. The van der Waals surface area contributed by atoms with Gasteiger partial charge >= 0.3 is 12.1 Å². The lowest BCUT2D eigenvalue weighted by molar-refractivity contribution is -0.137. The molecule has 2 rings (SSSR count). The Morgan fingerprint density at radius 1 is 1.33 bits per heavy atom. The SMILES string of the molecule is COC(=O)c1[nH]c(=S)n(C)c1-c1ccccc1C(F)(F)F. The van der Waals surface area contributed by atoms with Crippen molar-refractivity contribution in [1.29, 1.82) is 0 Å². The highest BCUT2D eigenvalue weighted by atomic mass is 32.1. The first-order valence-corrected chi connectivity index (χ1v) is 6.22. The van der Waals surface area contributed by atoms with Crippen molar-refractivity contribution in [3.8, 4) is 11.3 Å². The van der Waals surface area contributed by atoms with E-state index in [4.69, 9.17) is 12.2 Å². The molecule has 1 aromatic carbocycles. The summed E-state index contributed by atoms with van der Waals surface area (Å²) in [6.07, 6.45) is -4.55. The van der Waals surface area contributed by atoms with Crippen LogP contribution in [0.15, 0.2) is 24.3 Å². The summed E-state index contributed by atoms with van der Waals surface area (Å²) in [6, 6.07) is 4.98. The number of aromatic nitrogens is 2. The van der Waals surface area contributed by atoms with Crippen LogP contribution in [0.5, 0.6) is 0 Å². The van der Waals surface area contributed by atoms with Gasteiger partial charge in [0.15, 0.2) is 10.5 Å². The number of esters is 1. The van der Waals surface area contributed by atoms with E-state index in [9.17, 15) is 18.0 Å². The van der Waals surface area contributed by atoms with Crippen molar-refractivity contribution in [2.24, 2.45) is 7.05 Å². The van der Waals surface area contributed by atoms with Crippen molar-refractivity contribution in [2.75, 3.05) is 7.11 Å². The molecule has 0 amide bonds. The first-order valence-electron chi connectivity index (χ1n) is 5.81. The van der Waals surface area contributed by atoms with E-state index < -0.39 is 17.7 Å². The highest BCUT2D eigenvalue weighted by molar-refractivity contribution is 7.71. The Hall–Kier alpha value is -2.09. The number of rotatable bonds is 2. The first-order chi connectivity index (χ1) is 9.77. The normalized spacial score (nSPS) is 11.5. The predicted molar refractivity (Wildman–Crippen MR) is 72.4 cm³/mol. The summed E-state index contributed by atoms with van der Waals surface area (Å²) in [5.74, 6) is -0.784. The number of alkyl halides is 3. The summed E-state index contributed by atoms with van der Waals surface area (Å²) < 4.78 is 45.4. The number of aromatic amines is 1. The lowest BCUT2D eigenvalue weighted by atomic mass is 10.0. The van der Waals surface area contributed by atoms with Gasteiger partial charge in [0, 0.05) is 12.6 Å². The molecule has 0 unspecified atom stereocenters. The van der Waals surface area contributed by atoms with Crippen LogP contribution in [0.25, 0.3) is 11.3 Å². The zero-order valence-corrected chi connectivity index (χ0v) is 11.9. The largest absolute Gasteiger partial charge is 0.464 e. The van der Waals surface area contributed by atoms with E-state index in [0.717, 1.165) is 13.2 Å². The number of benzene rings is 1. The zero-order chi connectivity index (χ0) is 15.8. The fourth-order valence-electron chi connectivity index (χ4n) is 2.02. The summed E-state index contributed by atoms with van der Waals surface area (Å²) in [5, 5.41) is 0. The third-order valence-electron chi connectivity index (χ3n) is 2.99. The van der Waals surface area contributed by atoms with Gasteiger partial charge in [-0.2, -0.15) is 13.2 Å². The monoisotopic (exact) mass is 316 g/mol. The van der Waals surface area contributed by atoms with Crippen LogP contribution in [0.3, 0.4) is 0 Å². The Bertz CT molecular complexity index is 747. The second-order valence-electron chi connectivity index (χ2n) is 4.25. The average Bonchev–Trinajstić information content (AvgIpc) is 2.73. The predicted octanol–water partition coefficient (Wildman–Crippen LogP) is 3.56. The number of hydrogen-bond acceptors (Lipinski definition) is 3. The van der Waals surface area contributed by atoms with E-state index in [-0.39, 0.29) is 21.7 Å². The summed E-state index contributed by atoms with van der Waals surface area (Å²) in [5.41, 5.74) is -1.05. The van der Waals surface area contributed by atoms with Gasteiger partial charge in [-0.15, -0.1) is 0 Å². The van der Waals surface area contributed by atoms with Crippen LogP contribution in [0.1, 0.15) is 16.1 Å². The van der Waals surface area contributed by atoms with E-state index in [2.05, 4.69) is 9.72 Å². The van der Waals surface area contributed by atoms with Gasteiger partial charge < -0.3 is 14.3 Å². The fourth-order valence-corrected chi connectivity index (χ4v) is 2.21. The minimum absolute atomic E-state index is 0.0415. The Morgan fingerprint density at radius 2 is 1.95 bits per heavy atom. The second-order valence-corrected chi connectivity index (χ2v) is 4.63. The highest BCUT2D eigenvalue weighted by Gasteiger charge is 2.35. The highest BCUT2D eigenvalue weighted by Crippen LogP contribution is 2.38. The average molecular weight is 316 g/mol. The topological polar surface area (TPSA) is 47.0 Å². The van der Waals surface area contributed by atoms with Crippen LogP contribution in [0.2, 0.25) is 0 Å². The third kappa shape index (κ3) is 2.71. The fraction of sp³-hybridized carbons (Fsp3) is 0.231. The molecule has 8 heteroatoms. The van der Waals surface area contributed by atoms with Crippen molar-refractivity contribution < 1.29 is 22.7 Å². The summed E-state index contributed by atoms with van der Waals surface area (Å²) >= 11 is 4.98. The van der Waals surface area contributed by atoms with Gasteiger partial charge in [-0.3, -0.25) is 0 Å². The number of methoxy groups -OCH3 is 1. The van der Waals surface area contributed by atoms with Crippen molar-refractivity contribution in [2.45, 2.75) is 6.18 Å². The molecular weight excluding hydrogens is 305 g/mol. The molecule has 1 aromatic heterocycles. The molecule has 1 N–H and O–H groups in total. The van der Waals surface area contributed by atoms with E-state index in [1.54, 1.807) is 0 Å². The number of nitrogens with zero attached hydrogens (tertiary/aromatic N) is 1. The van der Waals surface area contributed by atoms with Gasteiger partial charge in [0.05, 0.1) is 18.4 Å². The zero-order valence-electron chi connectivity index (χ0n) is 11.1. The lowest BCUT2D eigenvalue weighted by Gasteiger charge is -2.14. The van der Waals surface area contributed by atoms with Gasteiger partial charge in [0.1, 0.15) is 0 Å². The second kappa shape index (κ2) is 5.36. The third-order valence-corrected chi connectivity index (χ3v) is 3.36. The molecule has 0 saturated heterocycles. The molecule has 21 heavy (non-hydrogen) atoms. The van der Waals surface area contributed by atoms with Crippen molar-refractivity contribution in [3.05, 3.63) is 40.3 Å². The minimum Gasteiger partial charge on any atom is -0.464 e. The number of ether oxygens (including phenoxy) is 1. The smallest absolute Gasteiger partial charge is 0.417 e. The molecule has 0 atom stereocenters. The Labute approximate surface area is 123 Å².